The highest BCUT2D eigenvalue weighted by atomic mass is 32.2. The number of carbonyl (C=O) groups excluding carboxylic acids is 2. The molecule has 122 valence electrons. The lowest BCUT2D eigenvalue weighted by molar-refractivity contribution is -0.123. The van der Waals surface area contributed by atoms with Crippen molar-refractivity contribution in [2.45, 2.75) is 0 Å². The van der Waals surface area contributed by atoms with Crippen molar-refractivity contribution in [3.05, 3.63) is 58.8 Å². The summed E-state index contributed by atoms with van der Waals surface area (Å²) in [6.45, 7) is 0. The number of aromatic nitrogens is 1. The minimum absolute atomic E-state index is 0.0580. The van der Waals surface area contributed by atoms with E-state index in [0.29, 0.717) is 10.5 Å². The minimum atomic E-state index is -0.480. The van der Waals surface area contributed by atoms with Crippen molar-refractivity contribution < 1.29 is 14.7 Å². The van der Waals surface area contributed by atoms with Gasteiger partial charge >= 0.3 is 0 Å². The molecule has 24 heavy (non-hydrogen) atoms. The highest BCUT2D eigenvalue weighted by molar-refractivity contribution is 8.26. The van der Waals surface area contributed by atoms with Gasteiger partial charge in [0.15, 0.2) is 4.32 Å². The monoisotopic (exact) mass is 359 g/mol. The largest absolute Gasteiger partial charge is 0.508 e. The van der Waals surface area contributed by atoms with Crippen LogP contribution >= 0.6 is 24.0 Å². The lowest BCUT2D eigenvalue weighted by Gasteiger charge is -2.15. The number of nitrogens with zero attached hydrogens (tertiary/aromatic N) is 2. The van der Waals surface area contributed by atoms with E-state index in [4.69, 9.17) is 12.2 Å². The molecule has 1 saturated heterocycles. The third kappa shape index (κ3) is 3.19. The van der Waals surface area contributed by atoms with Crippen molar-refractivity contribution in [2.75, 3.05) is 0 Å². The smallest absolute Gasteiger partial charge is 0.285 e. The van der Waals surface area contributed by atoms with E-state index in [0.717, 1.165) is 22.5 Å². The van der Waals surface area contributed by atoms with Crippen LogP contribution in [0.3, 0.4) is 0 Å². The number of aromatic hydroxyl groups is 1. The molecule has 2 aromatic rings. The molecule has 1 fully saturated rings. The summed E-state index contributed by atoms with van der Waals surface area (Å²) in [5, 5.41) is 10.3. The number of aryl methyl sites for hydroxylation is 1. The van der Waals surface area contributed by atoms with Gasteiger partial charge in [-0.05, 0) is 54.7 Å². The van der Waals surface area contributed by atoms with Gasteiger partial charge in [-0.2, -0.15) is 5.01 Å². The zero-order chi connectivity index (χ0) is 17.3. The van der Waals surface area contributed by atoms with E-state index < -0.39 is 5.91 Å². The third-order valence-corrected chi connectivity index (χ3v) is 4.70. The predicted molar refractivity (Wildman–Crippen MR) is 96.0 cm³/mol. The molecule has 1 aliphatic rings. The summed E-state index contributed by atoms with van der Waals surface area (Å²) < 4.78 is 2.13. The average molecular weight is 359 g/mol. The molecule has 0 bridgehead atoms. The second-order valence-corrected chi connectivity index (χ2v) is 6.72. The zero-order valence-electron chi connectivity index (χ0n) is 12.6. The fraction of sp³-hybridized carbons (Fsp3) is 0.0625. The van der Waals surface area contributed by atoms with Gasteiger partial charge in [-0.15, -0.1) is 0 Å². The molecule has 0 spiro atoms. The van der Waals surface area contributed by atoms with Crippen LogP contribution in [-0.4, -0.2) is 30.8 Å². The van der Waals surface area contributed by atoms with E-state index >= 15 is 0 Å². The first kappa shape index (κ1) is 16.3. The summed E-state index contributed by atoms with van der Waals surface area (Å²) in [6.07, 6.45) is 3.60. The number of rotatable bonds is 3. The number of thioether (sulfide) groups is 1. The number of thiocarbonyl (C=S) groups is 1. The number of hydrogen-bond acceptors (Lipinski definition) is 5. The maximum Gasteiger partial charge on any atom is 0.285 e. The Balaban J connectivity index is 1.77. The summed E-state index contributed by atoms with van der Waals surface area (Å²) >= 11 is 6.31. The van der Waals surface area contributed by atoms with Crippen molar-refractivity contribution >= 4 is 46.2 Å². The summed E-state index contributed by atoms with van der Waals surface area (Å²) in [5.74, 6) is -0.799. The molecular formula is C16H13N3O3S2. The first-order chi connectivity index (χ1) is 11.5. The molecule has 0 unspecified atom stereocenters. The van der Waals surface area contributed by atoms with Crippen molar-refractivity contribution in [1.29, 1.82) is 0 Å². The Bertz CT molecular complexity index is 856. The first-order valence-corrected chi connectivity index (χ1v) is 8.17. The molecule has 1 aromatic carbocycles. The summed E-state index contributed by atoms with van der Waals surface area (Å²) in [5.41, 5.74) is 3.67. The van der Waals surface area contributed by atoms with Crippen LogP contribution in [0.4, 0.5) is 0 Å². The van der Waals surface area contributed by atoms with E-state index in [1.807, 2.05) is 29.9 Å². The summed E-state index contributed by atoms with van der Waals surface area (Å²) in [4.78, 5) is 25.1. The topological polar surface area (TPSA) is 74.6 Å². The number of hydrogen-bond donors (Lipinski definition) is 2. The molecule has 8 heteroatoms. The number of amides is 2. The SMILES string of the molecule is Cn1cccc1/C=C1/SC(=S)N(NC(=O)c2ccc(O)cc2)C1=O. The molecule has 0 radical (unpaired) electrons. The molecule has 2 amide bonds. The highest BCUT2D eigenvalue weighted by Gasteiger charge is 2.33. The highest BCUT2D eigenvalue weighted by Crippen LogP contribution is 2.31. The second-order valence-electron chi connectivity index (χ2n) is 5.05. The van der Waals surface area contributed by atoms with E-state index in [2.05, 4.69) is 5.43 Å². The van der Waals surface area contributed by atoms with Crippen LogP contribution in [0.25, 0.3) is 6.08 Å². The van der Waals surface area contributed by atoms with Gasteiger partial charge < -0.3 is 9.67 Å². The van der Waals surface area contributed by atoms with Gasteiger partial charge in [0.05, 0.1) is 4.91 Å². The number of hydrazine groups is 1. The first-order valence-electron chi connectivity index (χ1n) is 6.95. The van der Waals surface area contributed by atoms with E-state index in [1.54, 1.807) is 6.08 Å². The number of carbonyl (C=O) groups is 2. The fourth-order valence-corrected chi connectivity index (χ4v) is 3.27. The number of nitrogens with one attached hydrogen (secondary N) is 1. The van der Waals surface area contributed by atoms with Gasteiger partial charge in [-0.3, -0.25) is 15.0 Å². The Kier molecular flexibility index (Phi) is 4.41. The van der Waals surface area contributed by atoms with E-state index in [-0.39, 0.29) is 16.0 Å². The minimum Gasteiger partial charge on any atom is -0.508 e. The molecule has 1 aliphatic heterocycles. The second kappa shape index (κ2) is 6.50. The Morgan fingerprint density at radius 1 is 1.29 bits per heavy atom. The zero-order valence-corrected chi connectivity index (χ0v) is 14.2. The lowest BCUT2D eigenvalue weighted by Crippen LogP contribution is -2.44. The lowest BCUT2D eigenvalue weighted by atomic mass is 10.2. The molecular weight excluding hydrogens is 346 g/mol. The van der Waals surface area contributed by atoms with Crippen LogP contribution in [0.15, 0.2) is 47.5 Å². The van der Waals surface area contributed by atoms with Crippen LogP contribution in [0, 0.1) is 0 Å². The van der Waals surface area contributed by atoms with Gasteiger partial charge in [-0.25, -0.2) is 0 Å². The molecule has 3 rings (SSSR count). The van der Waals surface area contributed by atoms with Crippen LogP contribution in [-0.2, 0) is 11.8 Å². The third-order valence-electron chi connectivity index (χ3n) is 3.40. The van der Waals surface area contributed by atoms with Crippen LogP contribution < -0.4 is 5.43 Å². The van der Waals surface area contributed by atoms with Gasteiger partial charge in [0.2, 0.25) is 0 Å². The Morgan fingerprint density at radius 3 is 2.62 bits per heavy atom. The molecule has 2 N–H and O–H groups in total. The molecule has 1 aromatic heterocycles. The van der Waals surface area contributed by atoms with Gasteiger partial charge in [0.25, 0.3) is 11.8 Å². The number of benzene rings is 1. The van der Waals surface area contributed by atoms with Crippen molar-refractivity contribution in [1.82, 2.24) is 15.0 Å². The van der Waals surface area contributed by atoms with Gasteiger partial charge in [0.1, 0.15) is 5.75 Å². The molecule has 6 nitrogen and oxygen atoms in total. The quantitative estimate of drug-likeness (QED) is 0.650. The van der Waals surface area contributed by atoms with Gasteiger partial charge in [0, 0.05) is 24.5 Å². The molecule has 0 aliphatic carbocycles. The van der Waals surface area contributed by atoms with Gasteiger partial charge in [-0.1, -0.05) is 11.8 Å². The summed E-state index contributed by atoms with van der Waals surface area (Å²) in [7, 11) is 1.87. The maximum absolute atomic E-state index is 12.5. The van der Waals surface area contributed by atoms with Crippen LogP contribution in [0.1, 0.15) is 16.1 Å². The molecule has 0 atom stereocenters. The van der Waals surface area contributed by atoms with Crippen molar-refractivity contribution in [3.8, 4) is 5.75 Å². The van der Waals surface area contributed by atoms with Crippen molar-refractivity contribution in [3.63, 3.8) is 0 Å². The molecule has 0 saturated carbocycles. The molecule has 2 heterocycles. The summed E-state index contributed by atoms with van der Waals surface area (Å²) in [6, 6.07) is 9.47. The van der Waals surface area contributed by atoms with E-state index in [1.165, 1.54) is 24.3 Å². The normalized spacial score (nSPS) is 16.0. The van der Waals surface area contributed by atoms with Crippen LogP contribution in [0.5, 0.6) is 5.75 Å². The number of phenols is 1. The Labute approximate surface area is 147 Å². The van der Waals surface area contributed by atoms with E-state index in [9.17, 15) is 14.7 Å². The predicted octanol–water partition coefficient (Wildman–Crippen LogP) is 2.28. The maximum atomic E-state index is 12.5. The Morgan fingerprint density at radius 2 is 2.00 bits per heavy atom. The number of phenolic OH excluding ortho intramolecular Hbond substituents is 1. The Hall–Kier alpha value is -2.58. The van der Waals surface area contributed by atoms with Crippen LogP contribution in [0.2, 0.25) is 0 Å². The average Bonchev–Trinajstić information content (AvgIpc) is 3.07. The fourth-order valence-electron chi connectivity index (χ4n) is 2.10. The standard InChI is InChI=1S/C16H13N3O3S2/c1-18-8-2-3-11(18)9-13-15(22)19(16(23)24-13)17-14(21)10-4-6-12(20)7-5-10/h2-9,20H,1H3,(H,17,21)/b13-9+. The van der Waals surface area contributed by atoms with Crippen molar-refractivity contribution in [2.24, 2.45) is 7.05 Å².